The fourth-order valence-electron chi connectivity index (χ4n) is 1.51. The van der Waals surface area contributed by atoms with E-state index in [0.29, 0.717) is 0 Å². The molecule has 2 nitrogen and oxygen atoms in total. The number of rotatable bonds is 1. The van der Waals surface area contributed by atoms with Gasteiger partial charge in [0.2, 0.25) is 0 Å². The monoisotopic (exact) mass is 174 g/mol. The Labute approximate surface area is 76.8 Å². The molecule has 0 fully saturated rings. The molecule has 0 aliphatic carbocycles. The Hall–Kier alpha value is -1.57. The van der Waals surface area contributed by atoms with Crippen molar-refractivity contribution in [2.75, 3.05) is 0 Å². The van der Waals surface area contributed by atoms with E-state index < -0.39 is 0 Å². The summed E-state index contributed by atoms with van der Waals surface area (Å²) in [6.07, 6.45) is 2.76. The Bertz CT molecular complexity index is 366. The van der Waals surface area contributed by atoms with Crippen molar-refractivity contribution in [1.82, 2.24) is 0 Å². The average Bonchev–Trinajstić information content (AvgIpc) is 2.16. The van der Waals surface area contributed by atoms with Crippen molar-refractivity contribution in [3.63, 3.8) is 0 Å². The summed E-state index contributed by atoms with van der Waals surface area (Å²) >= 11 is 0. The molecule has 1 aliphatic rings. The summed E-state index contributed by atoms with van der Waals surface area (Å²) in [6.45, 7) is 1.85. The molecule has 0 saturated carbocycles. The summed E-state index contributed by atoms with van der Waals surface area (Å²) in [5.41, 5.74) is 0.947. The van der Waals surface area contributed by atoms with Crippen LogP contribution in [0.3, 0.4) is 0 Å². The number of allylic oxidation sites excluding steroid dienone is 2. The summed E-state index contributed by atoms with van der Waals surface area (Å²) in [6, 6.07) is 7.60. The molecular formula is C11H10O2. The first-order chi connectivity index (χ1) is 6.31. The lowest BCUT2D eigenvalue weighted by atomic mass is 9.97. The maximum Gasteiger partial charge on any atom is 0.131 e. The highest BCUT2D eigenvalue weighted by atomic mass is 16.5. The van der Waals surface area contributed by atoms with Crippen molar-refractivity contribution in [2.45, 2.75) is 12.8 Å². The van der Waals surface area contributed by atoms with Crippen LogP contribution in [0.15, 0.2) is 36.1 Å². The predicted octanol–water partition coefficient (Wildman–Crippen LogP) is 2.27. The van der Waals surface area contributed by atoms with Crippen LogP contribution < -0.4 is 4.74 Å². The molecular weight excluding hydrogens is 164 g/mol. The van der Waals surface area contributed by atoms with E-state index in [0.717, 1.165) is 23.4 Å². The van der Waals surface area contributed by atoms with E-state index in [-0.39, 0.29) is 5.92 Å². The van der Waals surface area contributed by atoms with Crippen molar-refractivity contribution >= 4 is 6.29 Å². The van der Waals surface area contributed by atoms with Gasteiger partial charge < -0.3 is 9.53 Å². The van der Waals surface area contributed by atoms with Gasteiger partial charge in [-0.3, -0.25) is 0 Å². The van der Waals surface area contributed by atoms with Crippen molar-refractivity contribution in [3.8, 4) is 5.75 Å². The van der Waals surface area contributed by atoms with Gasteiger partial charge in [0, 0.05) is 5.56 Å². The molecule has 0 amide bonds. The van der Waals surface area contributed by atoms with Gasteiger partial charge in [-0.2, -0.15) is 0 Å². The molecule has 1 heterocycles. The Balaban J connectivity index is 2.50. The molecule has 66 valence electrons. The molecule has 1 aromatic carbocycles. The lowest BCUT2D eigenvalue weighted by Crippen LogP contribution is -2.08. The first-order valence-electron chi connectivity index (χ1n) is 4.22. The number of hydrogen-bond acceptors (Lipinski definition) is 2. The molecule has 2 rings (SSSR count). The standard InChI is InChI=1S/C11H10O2/c1-8-6-9(7-12)10-4-2-3-5-11(10)13-8/h2-7,9H,1H3. The third-order valence-corrected chi connectivity index (χ3v) is 2.11. The molecule has 0 saturated heterocycles. The Morgan fingerprint density at radius 3 is 2.92 bits per heavy atom. The van der Waals surface area contributed by atoms with Gasteiger partial charge in [-0.25, -0.2) is 0 Å². The van der Waals surface area contributed by atoms with Gasteiger partial charge in [0.1, 0.15) is 12.0 Å². The number of fused-ring (bicyclic) bond motifs is 1. The van der Waals surface area contributed by atoms with E-state index in [2.05, 4.69) is 0 Å². The van der Waals surface area contributed by atoms with E-state index in [4.69, 9.17) is 4.74 Å². The van der Waals surface area contributed by atoms with Gasteiger partial charge >= 0.3 is 0 Å². The van der Waals surface area contributed by atoms with Crippen LogP contribution in [0.2, 0.25) is 0 Å². The molecule has 1 atom stereocenters. The molecule has 1 unspecified atom stereocenters. The van der Waals surface area contributed by atoms with E-state index >= 15 is 0 Å². The number of hydrogen-bond donors (Lipinski definition) is 0. The summed E-state index contributed by atoms with van der Waals surface area (Å²) in [5.74, 6) is 1.43. The molecule has 0 aromatic heterocycles. The number of carbonyl (C=O) groups excluding carboxylic acids is 1. The topological polar surface area (TPSA) is 26.3 Å². The minimum atomic E-state index is -0.148. The van der Waals surface area contributed by atoms with Gasteiger partial charge in [-0.05, 0) is 19.1 Å². The van der Waals surface area contributed by atoms with Crippen LogP contribution in [-0.2, 0) is 4.79 Å². The van der Waals surface area contributed by atoms with Gasteiger partial charge in [-0.15, -0.1) is 0 Å². The van der Waals surface area contributed by atoms with Gasteiger partial charge in [-0.1, -0.05) is 18.2 Å². The van der Waals surface area contributed by atoms with Crippen LogP contribution in [0, 0.1) is 0 Å². The lowest BCUT2D eigenvalue weighted by Gasteiger charge is -2.19. The van der Waals surface area contributed by atoms with Crippen LogP contribution in [0.1, 0.15) is 18.4 Å². The highest BCUT2D eigenvalue weighted by molar-refractivity contribution is 5.68. The second kappa shape index (κ2) is 3.05. The molecule has 13 heavy (non-hydrogen) atoms. The van der Waals surface area contributed by atoms with Crippen LogP contribution in [0.4, 0.5) is 0 Å². The molecule has 0 bridgehead atoms. The van der Waals surface area contributed by atoms with E-state index in [9.17, 15) is 4.79 Å². The van der Waals surface area contributed by atoms with Crippen LogP contribution in [-0.4, -0.2) is 6.29 Å². The molecule has 1 aromatic rings. The van der Waals surface area contributed by atoms with Crippen molar-refractivity contribution in [2.24, 2.45) is 0 Å². The molecule has 1 aliphatic heterocycles. The second-order valence-electron chi connectivity index (χ2n) is 3.08. The zero-order valence-corrected chi connectivity index (χ0v) is 7.36. The average molecular weight is 174 g/mol. The number of benzene rings is 1. The SMILES string of the molecule is CC1=CC(C=O)c2ccccc2O1. The fourth-order valence-corrected chi connectivity index (χ4v) is 1.51. The fraction of sp³-hybridized carbons (Fsp3) is 0.182. The molecule has 0 spiro atoms. The summed E-state index contributed by atoms with van der Waals surface area (Å²) in [5, 5.41) is 0. The van der Waals surface area contributed by atoms with Crippen LogP contribution in [0.25, 0.3) is 0 Å². The smallest absolute Gasteiger partial charge is 0.131 e. The third kappa shape index (κ3) is 1.35. The highest BCUT2D eigenvalue weighted by Crippen LogP contribution is 2.32. The highest BCUT2D eigenvalue weighted by Gasteiger charge is 2.18. The minimum absolute atomic E-state index is 0.148. The zero-order chi connectivity index (χ0) is 9.26. The number of para-hydroxylation sites is 1. The second-order valence-corrected chi connectivity index (χ2v) is 3.08. The first-order valence-corrected chi connectivity index (χ1v) is 4.22. The van der Waals surface area contributed by atoms with E-state index in [1.54, 1.807) is 0 Å². The third-order valence-electron chi connectivity index (χ3n) is 2.11. The van der Waals surface area contributed by atoms with Crippen molar-refractivity contribution < 1.29 is 9.53 Å². The first kappa shape index (κ1) is 8.05. The number of ether oxygens (including phenoxy) is 1. The molecule has 0 radical (unpaired) electrons. The van der Waals surface area contributed by atoms with E-state index in [1.165, 1.54) is 0 Å². The minimum Gasteiger partial charge on any atom is -0.462 e. The molecule has 2 heteroatoms. The summed E-state index contributed by atoms with van der Waals surface area (Å²) in [4.78, 5) is 10.8. The largest absolute Gasteiger partial charge is 0.462 e. The predicted molar refractivity (Wildman–Crippen MR) is 49.6 cm³/mol. The van der Waals surface area contributed by atoms with Crippen molar-refractivity contribution in [1.29, 1.82) is 0 Å². The number of carbonyl (C=O) groups is 1. The van der Waals surface area contributed by atoms with Crippen LogP contribution >= 0.6 is 0 Å². The Kier molecular flexibility index (Phi) is 1.89. The zero-order valence-electron chi connectivity index (χ0n) is 7.36. The number of aldehydes is 1. The lowest BCUT2D eigenvalue weighted by molar-refractivity contribution is -0.108. The van der Waals surface area contributed by atoms with E-state index in [1.807, 2.05) is 37.3 Å². The van der Waals surface area contributed by atoms with Crippen LogP contribution in [0.5, 0.6) is 5.75 Å². The normalized spacial score (nSPS) is 19.8. The van der Waals surface area contributed by atoms with Gasteiger partial charge in [0.05, 0.1) is 11.7 Å². The van der Waals surface area contributed by atoms with Gasteiger partial charge in [0.25, 0.3) is 0 Å². The van der Waals surface area contributed by atoms with Crippen molar-refractivity contribution in [3.05, 3.63) is 41.7 Å². The Morgan fingerprint density at radius 1 is 1.38 bits per heavy atom. The summed E-state index contributed by atoms with van der Waals surface area (Å²) < 4.78 is 5.47. The quantitative estimate of drug-likeness (QED) is 0.610. The Morgan fingerprint density at radius 2 is 2.15 bits per heavy atom. The van der Waals surface area contributed by atoms with Gasteiger partial charge in [0.15, 0.2) is 0 Å². The molecule has 0 N–H and O–H groups in total. The maximum atomic E-state index is 10.8. The maximum absolute atomic E-state index is 10.8. The summed E-state index contributed by atoms with van der Waals surface area (Å²) in [7, 11) is 0.